The average Bonchev–Trinajstić information content (AvgIpc) is 2.20. The Morgan fingerprint density at radius 2 is 2.06 bits per heavy atom. The Labute approximate surface area is 116 Å². The zero-order valence-corrected chi connectivity index (χ0v) is 11.2. The molecule has 0 saturated carbocycles. The summed E-state index contributed by atoms with van der Waals surface area (Å²) in [5.74, 6) is -0.358. The van der Waals surface area contributed by atoms with Crippen LogP contribution >= 0.6 is 28.3 Å². The Morgan fingerprint density at radius 1 is 1.50 bits per heavy atom. The van der Waals surface area contributed by atoms with Gasteiger partial charge in [0.15, 0.2) is 0 Å². The minimum atomic E-state index is -2.65. The minimum Gasteiger partial charge on any atom is -0.506 e. The molecule has 0 aliphatic rings. The van der Waals surface area contributed by atoms with E-state index in [0.717, 1.165) is 12.1 Å². The minimum absolute atomic E-state index is 0. The number of phenols is 1. The number of alkyl halides is 2. The predicted molar refractivity (Wildman–Crippen MR) is 67.3 cm³/mol. The SMILES string of the molecule is Cl.N[C@H](CC(F)F)c1cc([N+](=O)[O-])cc(Br)c1O. The monoisotopic (exact) mass is 346 g/mol. The van der Waals surface area contributed by atoms with E-state index in [1.54, 1.807) is 0 Å². The van der Waals surface area contributed by atoms with Crippen molar-refractivity contribution in [2.45, 2.75) is 18.9 Å². The van der Waals surface area contributed by atoms with Gasteiger partial charge in [-0.1, -0.05) is 0 Å². The molecule has 0 aliphatic heterocycles. The lowest BCUT2D eigenvalue weighted by molar-refractivity contribution is -0.385. The second kappa shape index (κ2) is 6.81. The molecule has 0 unspecified atom stereocenters. The van der Waals surface area contributed by atoms with Crippen LogP contribution < -0.4 is 5.73 Å². The van der Waals surface area contributed by atoms with Gasteiger partial charge in [-0.15, -0.1) is 12.4 Å². The van der Waals surface area contributed by atoms with Crippen molar-refractivity contribution in [2.24, 2.45) is 5.73 Å². The van der Waals surface area contributed by atoms with Crippen LogP contribution in [0.4, 0.5) is 14.5 Å². The molecule has 0 saturated heterocycles. The normalized spacial score (nSPS) is 12.1. The number of nitrogens with zero attached hydrogens (tertiary/aromatic N) is 1. The number of halogens is 4. The summed E-state index contributed by atoms with van der Waals surface area (Å²) in [6.45, 7) is 0. The van der Waals surface area contributed by atoms with Crippen molar-refractivity contribution in [3.63, 3.8) is 0 Å². The summed E-state index contributed by atoms with van der Waals surface area (Å²) in [7, 11) is 0. The molecule has 1 rings (SSSR count). The van der Waals surface area contributed by atoms with Gasteiger partial charge < -0.3 is 10.8 Å². The quantitative estimate of drug-likeness (QED) is 0.647. The summed E-state index contributed by atoms with van der Waals surface area (Å²) in [4.78, 5) is 9.88. The first kappa shape index (κ1) is 17.0. The van der Waals surface area contributed by atoms with Gasteiger partial charge in [0.2, 0.25) is 6.43 Å². The highest BCUT2D eigenvalue weighted by Crippen LogP contribution is 2.36. The molecule has 0 heterocycles. The molecule has 0 bridgehead atoms. The van der Waals surface area contributed by atoms with Crippen LogP contribution in [0.15, 0.2) is 16.6 Å². The number of phenolic OH excluding ortho intramolecular Hbond substituents is 1. The van der Waals surface area contributed by atoms with Crippen LogP contribution in [0.25, 0.3) is 0 Å². The number of non-ortho nitro benzene ring substituents is 1. The molecule has 102 valence electrons. The molecular weight excluding hydrogens is 337 g/mol. The largest absolute Gasteiger partial charge is 0.506 e. The van der Waals surface area contributed by atoms with Gasteiger partial charge in [-0.05, 0) is 15.9 Å². The molecule has 1 aromatic rings. The highest BCUT2D eigenvalue weighted by Gasteiger charge is 2.21. The number of rotatable bonds is 4. The summed E-state index contributed by atoms with van der Waals surface area (Å²) >= 11 is 2.90. The Balaban J connectivity index is 0.00000289. The molecule has 0 aliphatic carbocycles. The van der Waals surface area contributed by atoms with Gasteiger partial charge in [-0.3, -0.25) is 10.1 Å². The second-order valence-corrected chi connectivity index (χ2v) is 4.21. The fraction of sp³-hybridized carbons (Fsp3) is 0.333. The molecule has 9 heteroatoms. The standard InChI is InChI=1S/C9H9BrF2N2O3.ClH/c10-6-2-4(14(16)17)1-5(9(6)15)7(13)3-8(11)12;/h1-2,7-8,15H,3,13H2;1H/t7-;/m1./s1. The van der Waals surface area contributed by atoms with E-state index >= 15 is 0 Å². The smallest absolute Gasteiger partial charge is 0.271 e. The maximum absolute atomic E-state index is 12.2. The van der Waals surface area contributed by atoms with Crippen molar-refractivity contribution < 1.29 is 18.8 Å². The van der Waals surface area contributed by atoms with Crippen molar-refractivity contribution in [1.82, 2.24) is 0 Å². The topological polar surface area (TPSA) is 89.4 Å². The van der Waals surface area contributed by atoms with E-state index in [4.69, 9.17) is 5.73 Å². The van der Waals surface area contributed by atoms with Crippen molar-refractivity contribution >= 4 is 34.0 Å². The van der Waals surface area contributed by atoms with Gasteiger partial charge in [-0.2, -0.15) is 0 Å². The van der Waals surface area contributed by atoms with Crippen LogP contribution in [-0.2, 0) is 0 Å². The van der Waals surface area contributed by atoms with Gasteiger partial charge in [0.25, 0.3) is 5.69 Å². The van der Waals surface area contributed by atoms with Crippen LogP contribution in [-0.4, -0.2) is 16.5 Å². The van der Waals surface area contributed by atoms with Crippen molar-refractivity contribution in [1.29, 1.82) is 0 Å². The van der Waals surface area contributed by atoms with Crippen molar-refractivity contribution in [3.05, 3.63) is 32.3 Å². The van der Waals surface area contributed by atoms with E-state index in [0.29, 0.717) is 0 Å². The Kier molecular flexibility index (Phi) is 6.44. The zero-order chi connectivity index (χ0) is 13.2. The number of benzene rings is 1. The average molecular weight is 348 g/mol. The maximum Gasteiger partial charge on any atom is 0.271 e. The Bertz CT molecular complexity index is 448. The third kappa shape index (κ3) is 4.04. The lowest BCUT2D eigenvalue weighted by Crippen LogP contribution is -2.14. The molecule has 0 fully saturated rings. The van der Waals surface area contributed by atoms with Crippen LogP contribution in [0.3, 0.4) is 0 Å². The van der Waals surface area contributed by atoms with E-state index in [1.165, 1.54) is 0 Å². The fourth-order valence-corrected chi connectivity index (χ4v) is 1.78. The maximum atomic E-state index is 12.2. The van der Waals surface area contributed by atoms with Gasteiger partial charge in [-0.25, -0.2) is 8.78 Å². The van der Waals surface area contributed by atoms with Crippen LogP contribution in [0, 0.1) is 10.1 Å². The van der Waals surface area contributed by atoms with E-state index < -0.39 is 23.8 Å². The molecule has 1 atom stereocenters. The zero-order valence-electron chi connectivity index (χ0n) is 8.85. The molecule has 0 spiro atoms. The first-order chi connectivity index (χ1) is 7.82. The first-order valence-electron chi connectivity index (χ1n) is 4.53. The van der Waals surface area contributed by atoms with Gasteiger partial charge in [0.05, 0.1) is 9.40 Å². The Hall–Kier alpha value is -0.990. The van der Waals surface area contributed by atoms with Gasteiger partial charge in [0, 0.05) is 30.2 Å². The Morgan fingerprint density at radius 3 is 2.50 bits per heavy atom. The first-order valence-corrected chi connectivity index (χ1v) is 5.32. The molecule has 3 N–H and O–H groups in total. The van der Waals surface area contributed by atoms with E-state index in [-0.39, 0.29) is 33.9 Å². The highest BCUT2D eigenvalue weighted by atomic mass is 79.9. The summed E-state index contributed by atoms with van der Waals surface area (Å²) < 4.78 is 24.4. The van der Waals surface area contributed by atoms with E-state index in [2.05, 4.69) is 15.9 Å². The van der Waals surface area contributed by atoms with E-state index in [1.807, 2.05) is 0 Å². The molecule has 5 nitrogen and oxygen atoms in total. The van der Waals surface area contributed by atoms with Crippen molar-refractivity contribution in [2.75, 3.05) is 0 Å². The highest BCUT2D eigenvalue weighted by molar-refractivity contribution is 9.10. The van der Waals surface area contributed by atoms with Gasteiger partial charge >= 0.3 is 0 Å². The lowest BCUT2D eigenvalue weighted by Gasteiger charge is -2.13. The second-order valence-electron chi connectivity index (χ2n) is 3.36. The summed E-state index contributed by atoms with van der Waals surface area (Å²) in [6, 6.07) is 0.910. The molecule has 18 heavy (non-hydrogen) atoms. The third-order valence-electron chi connectivity index (χ3n) is 2.12. The summed E-state index contributed by atoms with van der Waals surface area (Å²) in [6.07, 6.45) is -3.33. The number of nitro benzene ring substituents is 1. The summed E-state index contributed by atoms with van der Waals surface area (Å²) in [5.41, 5.74) is 5.05. The number of hydrogen-bond acceptors (Lipinski definition) is 4. The van der Waals surface area contributed by atoms with Crippen LogP contribution in [0.2, 0.25) is 0 Å². The van der Waals surface area contributed by atoms with Crippen LogP contribution in [0.1, 0.15) is 18.0 Å². The molecule has 1 aromatic carbocycles. The van der Waals surface area contributed by atoms with Crippen molar-refractivity contribution in [3.8, 4) is 5.75 Å². The third-order valence-corrected chi connectivity index (χ3v) is 2.72. The molecule has 0 amide bonds. The van der Waals surface area contributed by atoms with E-state index in [9.17, 15) is 24.0 Å². The molecule has 0 radical (unpaired) electrons. The number of nitrogens with two attached hydrogens (primary N) is 1. The molecule has 0 aromatic heterocycles. The number of nitro groups is 1. The lowest BCUT2D eigenvalue weighted by atomic mass is 10.0. The van der Waals surface area contributed by atoms with Gasteiger partial charge in [0.1, 0.15) is 5.75 Å². The number of hydrogen-bond donors (Lipinski definition) is 2. The number of aromatic hydroxyl groups is 1. The van der Waals surface area contributed by atoms with Crippen LogP contribution in [0.5, 0.6) is 5.75 Å². The molecular formula is C9H10BrClF2N2O3. The fourth-order valence-electron chi connectivity index (χ4n) is 1.31. The summed E-state index contributed by atoms with van der Waals surface area (Å²) in [5, 5.41) is 20.2. The predicted octanol–water partition coefficient (Wildman–Crippen LogP) is 3.14.